The predicted octanol–water partition coefficient (Wildman–Crippen LogP) is 3.05. The van der Waals surface area contributed by atoms with Gasteiger partial charge in [0.25, 0.3) is 0 Å². The molecule has 2 fully saturated rings. The molecule has 2 heterocycles. The van der Waals surface area contributed by atoms with Crippen LogP contribution < -0.4 is 5.32 Å². The second kappa shape index (κ2) is 6.51. The maximum atomic E-state index is 5.48. The summed E-state index contributed by atoms with van der Waals surface area (Å²) >= 11 is 0. The number of nitrogens with zero attached hydrogens (tertiary/aromatic N) is 2. The van der Waals surface area contributed by atoms with Crippen molar-refractivity contribution in [3.05, 3.63) is 11.7 Å². The van der Waals surface area contributed by atoms with E-state index in [1.807, 2.05) is 0 Å². The molecule has 106 valence electrons. The summed E-state index contributed by atoms with van der Waals surface area (Å²) in [6, 6.07) is 0. The van der Waals surface area contributed by atoms with Crippen molar-refractivity contribution in [2.75, 3.05) is 13.1 Å². The van der Waals surface area contributed by atoms with Crippen LogP contribution in [0.4, 0.5) is 0 Å². The van der Waals surface area contributed by atoms with Gasteiger partial charge in [0.2, 0.25) is 5.89 Å². The van der Waals surface area contributed by atoms with E-state index in [2.05, 4.69) is 15.5 Å². The third kappa shape index (κ3) is 3.56. The molecule has 1 saturated heterocycles. The lowest BCUT2D eigenvalue weighted by Crippen LogP contribution is -2.28. The summed E-state index contributed by atoms with van der Waals surface area (Å²) < 4.78 is 5.48. The van der Waals surface area contributed by atoms with Gasteiger partial charge in [-0.1, -0.05) is 30.8 Å². The van der Waals surface area contributed by atoms with Gasteiger partial charge in [0.05, 0.1) is 0 Å². The quantitative estimate of drug-likeness (QED) is 0.852. The van der Waals surface area contributed by atoms with Crippen molar-refractivity contribution in [2.45, 2.75) is 63.7 Å². The van der Waals surface area contributed by atoms with Crippen molar-refractivity contribution in [3.8, 4) is 0 Å². The molecule has 0 unspecified atom stereocenters. The highest BCUT2D eigenvalue weighted by Gasteiger charge is 2.22. The average Bonchev–Trinajstić information content (AvgIpc) is 2.74. The van der Waals surface area contributed by atoms with Crippen LogP contribution >= 0.6 is 0 Å². The Kier molecular flexibility index (Phi) is 4.49. The summed E-state index contributed by atoms with van der Waals surface area (Å²) in [5.41, 5.74) is 0. The summed E-state index contributed by atoms with van der Waals surface area (Å²) in [5, 5.41) is 7.64. The van der Waals surface area contributed by atoms with Crippen LogP contribution in [0.3, 0.4) is 0 Å². The van der Waals surface area contributed by atoms with Crippen molar-refractivity contribution in [2.24, 2.45) is 5.92 Å². The first-order chi connectivity index (χ1) is 9.42. The van der Waals surface area contributed by atoms with E-state index in [-0.39, 0.29) is 0 Å². The molecule has 1 N–H and O–H groups in total. The number of nitrogens with one attached hydrogen (secondary N) is 1. The average molecular weight is 263 g/mol. The lowest BCUT2D eigenvalue weighted by atomic mass is 9.94. The van der Waals surface area contributed by atoms with Crippen LogP contribution in [0.1, 0.15) is 69.0 Å². The molecule has 1 aliphatic heterocycles. The Bertz CT molecular complexity index is 376. The monoisotopic (exact) mass is 263 g/mol. The SMILES string of the molecule is C1CCCC(c2noc(CC3CCNCC3)n2)CC1. The molecule has 0 radical (unpaired) electrons. The van der Waals surface area contributed by atoms with Crippen LogP contribution in [0.25, 0.3) is 0 Å². The molecule has 2 aliphatic rings. The van der Waals surface area contributed by atoms with Crippen LogP contribution in [0.2, 0.25) is 0 Å². The number of hydrogen-bond donors (Lipinski definition) is 1. The fraction of sp³-hybridized carbons (Fsp3) is 0.867. The first-order valence-electron chi connectivity index (χ1n) is 7.95. The van der Waals surface area contributed by atoms with Gasteiger partial charge in [0, 0.05) is 12.3 Å². The summed E-state index contributed by atoms with van der Waals surface area (Å²) in [6.45, 7) is 2.27. The van der Waals surface area contributed by atoms with Crippen molar-refractivity contribution in [3.63, 3.8) is 0 Å². The first kappa shape index (κ1) is 13.1. The highest BCUT2D eigenvalue weighted by atomic mass is 16.5. The smallest absolute Gasteiger partial charge is 0.226 e. The largest absolute Gasteiger partial charge is 0.339 e. The van der Waals surface area contributed by atoms with E-state index in [0.29, 0.717) is 5.92 Å². The van der Waals surface area contributed by atoms with Crippen LogP contribution in [0, 0.1) is 5.92 Å². The molecule has 1 saturated carbocycles. The molecule has 0 atom stereocenters. The molecule has 3 rings (SSSR count). The van der Waals surface area contributed by atoms with E-state index in [1.54, 1.807) is 0 Å². The molecule has 4 nitrogen and oxygen atoms in total. The standard InChI is InChI=1S/C15H25N3O/c1-2-4-6-13(5-3-1)15-17-14(19-18-15)11-12-7-9-16-10-8-12/h12-13,16H,1-11H2. The van der Waals surface area contributed by atoms with E-state index in [4.69, 9.17) is 4.52 Å². The highest BCUT2D eigenvalue weighted by molar-refractivity contribution is 4.97. The Morgan fingerprint density at radius 2 is 1.74 bits per heavy atom. The maximum absolute atomic E-state index is 5.48. The molecule has 0 aromatic carbocycles. The second-order valence-electron chi connectivity index (χ2n) is 6.13. The van der Waals surface area contributed by atoms with Gasteiger partial charge in [0.1, 0.15) is 0 Å². The Morgan fingerprint density at radius 1 is 1.00 bits per heavy atom. The van der Waals surface area contributed by atoms with E-state index < -0.39 is 0 Å². The van der Waals surface area contributed by atoms with Crippen molar-refractivity contribution in [1.29, 1.82) is 0 Å². The highest BCUT2D eigenvalue weighted by Crippen LogP contribution is 2.30. The van der Waals surface area contributed by atoms with Gasteiger partial charge in [-0.2, -0.15) is 4.98 Å². The molecule has 0 amide bonds. The van der Waals surface area contributed by atoms with Gasteiger partial charge in [-0.25, -0.2) is 0 Å². The fourth-order valence-electron chi connectivity index (χ4n) is 3.39. The Morgan fingerprint density at radius 3 is 2.47 bits per heavy atom. The van der Waals surface area contributed by atoms with Crippen LogP contribution in [0.5, 0.6) is 0 Å². The first-order valence-corrected chi connectivity index (χ1v) is 7.95. The maximum Gasteiger partial charge on any atom is 0.226 e. The van der Waals surface area contributed by atoms with Gasteiger partial charge in [-0.15, -0.1) is 0 Å². The summed E-state index contributed by atoms with van der Waals surface area (Å²) in [5.74, 6) is 3.12. The van der Waals surface area contributed by atoms with Crippen molar-refractivity contribution < 1.29 is 4.52 Å². The lowest BCUT2D eigenvalue weighted by molar-refractivity contribution is 0.310. The molecular weight excluding hydrogens is 238 g/mol. The van der Waals surface area contributed by atoms with E-state index >= 15 is 0 Å². The van der Waals surface area contributed by atoms with Gasteiger partial charge < -0.3 is 9.84 Å². The van der Waals surface area contributed by atoms with Gasteiger partial charge >= 0.3 is 0 Å². The summed E-state index contributed by atoms with van der Waals surface area (Å²) in [4.78, 5) is 4.67. The van der Waals surface area contributed by atoms with Gasteiger partial charge in [0.15, 0.2) is 5.82 Å². The number of aromatic nitrogens is 2. The second-order valence-corrected chi connectivity index (χ2v) is 6.13. The van der Waals surface area contributed by atoms with Gasteiger partial charge in [-0.3, -0.25) is 0 Å². The number of hydrogen-bond acceptors (Lipinski definition) is 4. The Labute approximate surface area is 115 Å². The molecule has 1 aromatic heterocycles. The molecule has 19 heavy (non-hydrogen) atoms. The van der Waals surface area contributed by atoms with Crippen LogP contribution in [0.15, 0.2) is 4.52 Å². The van der Waals surface area contributed by atoms with Crippen LogP contribution in [-0.4, -0.2) is 23.2 Å². The normalized spacial score (nSPS) is 23.4. The minimum Gasteiger partial charge on any atom is -0.339 e. The molecule has 4 heteroatoms. The third-order valence-electron chi connectivity index (χ3n) is 4.63. The summed E-state index contributed by atoms with van der Waals surface area (Å²) in [7, 11) is 0. The molecular formula is C15H25N3O. The minimum absolute atomic E-state index is 0.549. The van der Waals surface area contributed by atoms with Crippen molar-refractivity contribution in [1.82, 2.24) is 15.5 Å². The molecule has 0 bridgehead atoms. The number of rotatable bonds is 3. The zero-order valence-electron chi connectivity index (χ0n) is 11.7. The molecule has 1 aromatic rings. The van der Waals surface area contributed by atoms with E-state index in [1.165, 1.54) is 51.4 Å². The predicted molar refractivity (Wildman–Crippen MR) is 74.0 cm³/mol. The third-order valence-corrected chi connectivity index (χ3v) is 4.63. The van der Waals surface area contributed by atoms with Crippen molar-refractivity contribution >= 4 is 0 Å². The van der Waals surface area contributed by atoms with Crippen LogP contribution in [-0.2, 0) is 6.42 Å². The van der Waals surface area contributed by atoms with E-state index in [9.17, 15) is 0 Å². The Balaban J connectivity index is 1.58. The zero-order chi connectivity index (χ0) is 12.9. The topological polar surface area (TPSA) is 51.0 Å². The zero-order valence-corrected chi connectivity index (χ0v) is 11.7. The molecule has 0 spiro atoms. The number of piperidine rings is 1. The minimum atomic E-state index is 0.549. The molecule has 1 aliphatic carbocycles. The lowest BCUT2D eigenvalue weighted by Gasteiger charge is -2.20. The Hall–Kier alpha value is -0.900. The van der Waals surface area contributed by atoms with Gasteiger partial charge in [-0.05, 0) is 44.7 Å². The fourth-order valence-corrected chi connectivity index (χ4v) is 3.39. The van der Waals surface area contributed by atoms with E-state index in [0.717, 1.165) is 37.1 Å². The summed E-state index contributed by atoms with van der Waals surface area (Å²) in [6.07, 6.45) is 11.3.